The molecule has 9 heteroatoms. The molecular formula is C18H20FN3O4S. The molecule has 0 aliphatic carbocycles. The molecule has 0 bridgehead atoms. The first-order valence-electron chi connectivity index (χ1n) is 8.31. The number of halogens is 1. The van der Waals surface area contributed by atoms with Crippen LogP contribution in [0.25, 0.3) is 0 Å². The van der Waals surface area contributed by atoms with Crippen LogP contribution >= 0.6 is 0 Å². The van der Waals surface area contributed by atoms with Gasteiger partial charge in [0.25, 0.3) is 15.9 Å². The van der Waals surface area contributed by atoms with E-state index in [2.05, 4.69) is 10.3 Å². The SMILES string of the molecule is CC(C)(C)NC(=O)c1cnc2c(c1)N(S(=O)(=O)c1cccc(F)c1)CCO2. The summed E-state index contributed by atoms with van der Waals surface area (Å²) in [6.07, 6.45) is 1.33. The Bertz CT molecular complexity index is 986. The van der Waals surface area contributed by atoms with Crippen LogP contribution in [0.4, 0.5) is 10.1 Å². The molecule has 0 atom stereocenters. The van der Waals surface area contributed by atoms with Crippen LogP contribution < -0.4 is 14.4 Å². The highest BCUT2D eigenvalue weighted by molar-refractivity contribution is 7.92. The van der Waals surface area contributed by atoms with E-state index in [1.807, 2.05) is 20.8 Å². The number of benzene rings is 1. The summed E-state index contributed by atoms with van der Waals surface area (Å²) in [6, 6.07) is 6.18. The lowest BCUT2D eigenvalue weighted by Crippen LogP contribution is -2.41. The highest BCUT2D eigenvalue weighted by Gasteiger charge is 2.32. The Labute approximate surface area is 157 Å². The van der Waals surface area contributed by atoms with Gasteiger partial charge in [0.1, 0.15) is 18.1 Å². The average Bonchev–Trinajstić information content (AvgIpc) is 2.59. The van der Waals surface area contributed by atoms with Crippen molar-refractivity contribution in [3.63, 3.8) is 0 Å². The highest BCUT2D eigenvalue weighted by atomic mass is 32.2. The van der Waals surface area contributed by atoms with Gasteiger partial charge in [0, 0.05) is 11.7 Å². The maximum atomic E-state index is 13.5. The molecule has 2 aromatic rings. The zero-order valence-corrected chi connectivity index (χ0v) is 16.0. The lowest BCUT2D eigenvalue weighted by atomic mass is 10.1. The van der Waals surface area contributed by atoms with E-state index < -0.39 is 21.4 Å². The number of aromatic nitrogens is 1. The van der Waals surface area contributed by atoms with Crippen molar-refractivity contribution in [2.75, 3.05) is 17.5 Å². The quantitative estimate of drug-likeness (QED) is 0.865. The first-order valence-corrected chi connectivity index (χ1v) is 9.76. The van der Waals surface area contributed by atoms with E-state index in [0.717, 1.165) is 10.4 Å². The first-order chi connectivity index (χ1) is 12.6. The Hall–Kier alpha value is -2.68. The van der Waals surface area contributed by atoms with Gasteiger partial charge < -0.3 is 10.1 Å². The Morgan fingerprint density at radius 2 is 2.04 bits per heavy atom. The zero-order valence-electron chi connectivity index (χ0n) is 15.2. The normalized spacial score (nSPS) is 14.3. The molecule has 1 amide bonds. The third-order valence-electron chi connectivity index (χ3n) is 3.77. The number of hydrogen-bond acceptors (Lipinski definition) is 5. The molecule has 1 N–H and O–H groups in total. The van der Waals surface area contributed by atoms with E-state index in [4.69, 9.17) is 4.74 Å². The van der Waals surface area contributed by atoms with Crippen molar-refractivity contribution in [1.29, 1.82) is 0 Å². The van der Waals surface area contributed by atoms with Crippen LogP contribution in [0.1, 0.15) is 31.1 Å². The van der Waals surface area contributed by atoms with E-state index >= 15 is 0 Å². The highest BCUT2D eigenvalue weighted by Crippen LogP contribution is 2.34. The van der Waals surface area contributed by atoms with Crippen molar-refractivity contribution in [1.82, 2.24) is 10.3 Å². The van der Waals surface area contributed by atoms with Crippen LogP contribution in [-0.4, -0.2) is 38.0 Å². The summed E-state index contributed by atoms with van der Waals surface area (Å²) in [5, 5.41) is 2.80. The van der Waals surface area contributed by atoms with E-state index in [9.17, 15) is 17.6 Å². The van der Waals surface area contributed by atoms with Gasteiger partial charge in [-0.3, -0.25) is 9.10 Å². The predicted molar refractivity (Wildman–Crippen MR) is 97.9 cm³/mol. The second kappa shape index (κ2) is 6.80. The molecule has 2 heterocycles. The number of hydrogen-bond donors (Lipinski definition) is 1. The Morgan fingerprint density at radius 3 is 2.70 bits per heavy atom. The number of sulfonamides is 1. The van der Waals surface area contributed by atoms with Gasteiger partial charge in [-0.05, 0) is 45.0 Å². The third-order valence-corrected chi connectivity index (χ3v) is 5.58. The largest absolute Gasteiger partial charge is 0.474 e. The number of anilines is 1. The summed E-state index contributed by atoms with van der Waals surface area (Å²) in [4.78, 5) is 16.3. The molecule has 0 saturated carbocycles. The van der Waals surface area contributed by atoms with Gasteiger partial charge in [-0.15, -0.1) is 0 Å². The molecule has 1 aliphatic rings. The second-order valence-electron chi connectivity index (χ2n) is 7.14. The summed E-state index contributed by atoms with van der Waals surface area (Å²) in [5.41, 5.74) is -0.114. The number of carbonyl (C=O) groups is 1. The zero-order chi connectivity index (χ0) is 19.8. The fourth-order valence-corrected chi connectivity index (χ4v) is 4.09. The van der Waals surface area contributed by atoms with Crippen LogP contribution in [-0.2, 0) is 10.0 Å². The molecule has 144 valence electrons. The first kappa shape index (κ1) is 19.1. The van der Waals surface area contributed by atoms with Crippen LogP contribution in [0.5, 0.6) is 5.88 Å². The predicted octanol–water partition coefficient (Wildman–Crippen LogP) is 2.34. The molecule has 0 radical (unpaired) electrons. The number of carbonyl (C=O) groups excluding carboxylic acids is 1. The minimum Gasteiger partial charge on any atom is -0.474 e. The van der Waals surface area contributed by atoms with E-state index in [-0.39, 0.29) is 41.1 Å². The molecule has 1 aromatic carbocycles. The molecule has 7 nitrogen and oxygen atoms in total. The minimum absolute atomic E-state index is 0.0257. The summed E-state index contributed by atoms with van der Waals surface area (Å²) in [6.45, 7) is 5.63. The van der Waals surface area contributed by atoms with Crippen molar-refractivity contribution in [3.8, 4) is 5.88 Å². The maximum Gasteiger partial charge on any atom is 0.264 e. The number of fused-ring (bicyclic) bond motifs is 1. The number of pyridine rings is 1. The molecule has 27 heavy (non-hydrogen) atoms. The van der Waals surface area contributed by atoms with Gasteiger partial charge in [0.05, 0.1) is 17.0 Å². The number of amides is 1. The Balaban J connectivity index is 2.02. The van der Waals surface area contributed by atoms with Crippen molar-refractivity contribution in [2.24, 2.45) is 0 Å². The van der Waals surface area contributed by atoms with Gasteiger partial charge in [-0.25, -0.2) is 17.8 Å². The molecule has 3 rings (SSSR count). The van der Waals surface area contributed by atoms with E-state index in [1.165, 1.54) is 30.5 Å². The van der Waals surface area contributed by atoms with E-state index in [1.54, 1.807) is 0 Å². The lowest BCUT2D eigenvalue weighted by molar-refractivity contribution is 0.0919. The lowest BCUT2D eigenvalue weighted by Gasteiger charge is -2.30. The van der Waals surface area contributed by atoms with Gasteiger partial charge in [0.2, 0.25) is 5.88 Å². The minimum atomic E-state index is -4.03. The summed E-state index contributed by atoms with van der Waals surface area (Å²) < 4.78 is 46.0. The van der Waals surface area contributed by atoms with E-state index in [0.29, 0.717) is 0 Å². The number of nitrogens with one attached hydrogen (secondary N) is 1. The molecule has 0 unspecified atom stereocenters. The van der Waals surface area contributed by atoms with Crippen LogP contribution in [0.15, 0.2) is 41.4 Å². The molecule has 0 saturated heterocycles. The second-order valence-corrected chi connectivity index (χ2v) is 9.00. The number of nitrogens with zero attached hydrogens (tertiary/aromatic N) is 2. The van der Waals surface area contributed by atoms with Crippen molar-refractivity contribution in [2.45, 2.75) is 31.2 Å². The fraction of sp³-hybridized carbons (Fsp3) is 0.333. The topological polar surface area (TPSA) is 88.6 Å². The maximum absolute atomic E-state index is 13.5. The van der Waals surface area contributed by atoms with Crippen molar-refractivity contribution >= 4 is 21.6 Å². The molecular weight excluding hydrogens is 373 g/mol. The molecule has 0 fully saturated rings. The van der Waals surface area contributed by atoms with Crippen LogP contribution in [0, 0.1) is 5.82 Å². The number of rotatable bonds is 3. The van der Waals surface area contributed by atoms with Gasteiger partial charge in [0.15, 0.2) is 0 Å². The number of ether oxygens (including phenoxy) is 1. The summed E-state index contributed by atoms with van der Waals surface area (Å²) >= 11 is 0. The summed E-state index contributed by atoms with van der Waals surface area (Å²) in [7, 11) is -4.03. The van der Waals surface area contributed by atoms with Crippen molar-refractivity contribution in [3.05, 3.63) is 47.9 Å². The van der Waals surface area contributed by atoms with Gasteiger partial charge in [-0.1, -0.05) is 6.07 Å². The average molecular weight is 393 g/mol. The van der Waals surface area contributed by atoms with Crippen molar-refractivity contribution < 1.29 is 22.3 Å². The van der Waals surface area contributed by atoms with Gasteiger partial charge in [-0.2, -0.15) is 0 Å². The van der Waals surface area contributed by atoms with Crippen LogP contribution in [0.2, 0.25) is 0 Å². The smallest absolute Gasteiger partial charge is 0.264 e. The standard InChI is InChI=1S/C18H20FN3O4S/c1-18(2,3)21-16(23)12-9-15-17(20-11-12)26-8-7-22(15)27(24,25)14-6-4-5-13(19)10-14/h4-6,9-11H,7-8H2,1-3H3,(H,21,23). The van der Waals surface area contributed by atoms with Crippen LogP contribution in [0.3, 0.4) is 0 Å². The van der Waals surface area contributed by atoms with Gasteiger partial charge >= 0.3 is 0 Å². The summed E-state index contributed by atoms with van der Waals surface area (Å²) in [5.74, 6) is -0.930. The molecule has 1 aromatic heterocycles. The monoisotopic (exact) mass is 393 g/mol. The molecule has 0 spiro atoms. The molecule has 1 aliphatic heterocycles. The fourth-order valence-electron chi connectivity index (χ4n) is 2.62. The Morgan fingerprint density at radius 1 is 1.30 bits per heavy atom. The Kier molecular flexibility index (Phi) is 4.81. The third kappa shape index (κ3) is 4.02.